The zero-order valence-electron chi connectivity index (χ0n) is 10.9. The van der Waals surface area contributed by atoms with Gasteiger partial charge in [-0.2, -0.15) is 0 Å². The summed E-state index contributed by atoms with van der Waals surface area (Å²) in [4.78, 5) is 10.8. The Balaban J connectivity index is 4.54. The van der Waals surface area contributed by atoms with Crippen molar-refractivity contribution in [2.24, 2.45) is 5.92 Å². The summed E-state index contributed by atoms with van der Waals surface area (Å²) >= 11 is 0. The van der Waals surface area contributed by atoms with Crippen molar-refractivity contribution in [2.45, 2.75) is 58.9 Å². The third-order valence-corrected chi connectivity index (χ3v) is 7.95. The van der Waals surface area contributed by atoms with Crippen LogP contribution in [0.1, 0.15) is 34.6 Å². The molecule has 3 nitrogen and oxygen atoms in total. The number of hydrogen-bond donors (Lipinski definition) is 1. The van der Waals surface area contributed by atoms with Crippen LogP contribution < -0.4 is 0 Å². The number of carbonyl (C=O) groups is 1. The Morgan fingerprint density at radius 2 is 1.67 bits per heavy atom. The Morgan fingerprint density at radius 1 is 1.27 bits per heavy atom. The summed E-state index contributed by atoms with van der Waals surface area (Å²) in [6.07, 6.45) is -0.219. The molecule has 4 heteroatoms. The lowest BCUT2D eigenvalue weighted by Gasteiger charge is -2.39. The van der Waals surface area contributed by atoms with Gasteiger partial charge >= 0.3 is 5.97 Å². The largest absolute Gasteiger partial charge is 0.481 e. The highest BCUT2D eigenvalue weighted by molar-refractivity contribution is 6.74. The van der Waals surface area contributed by atoms with E-state index in [1.165, 1.54) is 0 Å². The molecule has 0 aromatic carbocycles. The van der Waals surface area contributed by atoms with Crippen molar-refractivity contribution < 1.29 is 14.3 Å². The molecule has 0 heterocycles. The van der Waals surface area contributed by atoms with Gasteiger partial charge in [0.25, 0.3) is 0 Å². The second-order valence-electron chi connectivity index (χ2n) is 5.71. The van der Waals surface area contributed by atoms with Crippen molar-refractivity contribution in [3.8, 4) is 0 Å². The van der Waals surface area contributed by atoms with Crippen LogP contribution in [0.15, 0.2) is 0 Å². The molecule has 90 valence electrons. The lowest BCUT2D eigenvalue weighted by atomic mass is 10.1. The Hall–Kier alpha value is -0.353. The van der Waals surface area contributed by atoms with E-state index in [1.807, 2.05) is 6.92 Å². The zero-order valence-corrected chi connectivity index (χ0v) is 11.9. The highest BCUT2D eigenvalue weighted by Gasteiger charge is 2.39. The van der Waals surface area contributed by atoms with Gasteiger partial charge in [-0.25, -0.2) is 0 Å². The average Bonchev–Trinajstić information content (AvgIpc) is 1.99. The fourth-order valence-electron chi connectivity index (χ4n) is 0.944. The highest BCUT2D eigenvalue weighted by atomic mass is 28.4. The fourth-order valence-corrected chi connectivity index (χ4v) is 2.43. The van der Waals surface area contributed by atoms with Gasteiger partial charge in [0.05, 0.1) is 12.0 Å². The van der Waals surface area contributed by atoms with Gasteiger partial charge in [0.15, 0.2) is 8.32 Å². The number of carboxylic acid groups (broad SMARTS) is 1. The monoisotopic (exact) mass is 232 g/mol. The van der Waals surface area contributed by atoms with Crippen LogP contribution in [0.3, 0.4) is 0 Å². The lowest BCUT2D eigenvalue weighted by molar-refractivity contribution is -0.144. The fraction of sp³-hybridized carbons (Fsp3) is 0.909. The lowest BCUT2D eigenvalue weighted by Crippen LogP contribution is -2.45. The summed E-state index contributed by atoms with van der Waals surface area (Å²) in [6.45, 7) is 14.3. The molecule has 0 saturated heterocycles. The summed E-state index contributed by atoms with van der Waals surface area (Å²) in [5.41, 5.74) is 0. The SMILES string of the molecule is C[C@H](C(=O)O)[C@@H](C)O[Si](C)(C)C(C)(C)C. The van der Waals surface area contributed by atoms with Gasteiger partial charge in [-0.05, 0) is 32.0 Å². The molecular weight excluding hydrogens is 208 g/mol. The first-order valence-electron chi connectivity index (χ1n) is 5.39. The molecule has 0 aromatic heterocycles. The van der Waals surface area contributed by atoms with Crippen LogP contribution in [0.4, 0.5) is 0 Å². The molecule has 0 radical (unpaired) electrons. The summed E-state index contributed by atoms with van der Waals surface area (Å²) in [6, 6.07) is 0. The number of rotatable bonds is 4. The summed E-state index contributed by atoms with van der Waals surface area (Å²) in [7, 11) is -1.84. The van der Waals surface area contributed by atoms with Gasteiger partial charge in [-0.3, -0.25) is 4.79 Å². The van der Waals surface area contributed by atoms with E-state index in [2.05, 4.69) is 33.9 Å². The molecule has 2 atom stereocenters. The van der Waals surface area contributed by atoms with E-state index in [4.69, 9.17) is 9.53 Å². The minimum atomic E-state index is -1.84. The standard InChI is InChI=1S/C11H24O3Si/c1-8(10(12)13)9(2)14-15(6,7)11(3,4)5/h8-9H,1-7H3,(H,12,13)/t8-,9+/m0/s1. The molecule has 0 aromatic rings. The summed E-state index contributed by atoms with van der Waals surface area (Å²) in [5, 5.41) is 9.01. The van der Waals surface area contributed by atoms with Gasteiger partial charge in [0, 0.05) is 0 Å². The Morgan fingerprint density at radius 3 is 1.93 bits per heavy atom. The smallest absolute Gasteiger partial charge is 0.308 e. The van der Waals surface area contributed by atoms with Crippen molar-refractivity contribution in [3.63, 3.8) is 0 Å². The second kappa shape index (κ2) is 4.66. The van der Waals surface area contributed by atoms with Crippen LogP contribution in [0.25, 0.3) is 0 Å². The minimum Gasteiger partial charge on any atom is -0.481 e. The molecule has 0 aliphatic rings. The summed E-state index contributed by atoms with van der Waals surface area (Å²) in [5.74, 6) is -1.24. The number of hydrogen-bond acceptors (Lipinski definition) is 2. The van der Waals surface area contributed by atoms with E-state index in [-0.39, 0.29) is 11.1 Å². The van der Waals surface area contributed by atoms with Crippen LogP contribution in [-0.4, -0.2) is 25.5 Å². The van der Waals surface area contributed by atoms with Gasteiger partial charge < -0.3 is 9.53 Å². The molecule has 0 saturated carbocycles. The van der Waals surface area contributed by atoms with Crippen LogP contribution >= 0.6 is 0 Å². The first-order chi connectivity index (χ1) is 6.49. The normalized spacial score (nSPS) is 17.3. The van der Waals surface area contributed by atoms with E-state index >= 15 is 0 Å². The Labute approximate surface area is 94.0 Å². The van der Waals surface area contributed by atoms with Gasteiger partial charge in [-0.15, -0.1) is 0 Å². The molecular formula is C11H24O3Si. The van der Waals surface area contributed by atoms with Crippen LogP contribution in [0.5, 0.6) is 0 Å². The van der Waals surface area contributed by atoms with Crippen LogP contribution in [0, 0.1) is 5.92 Å². The molecule has 0 aliphatic heterocycles. The predicted molar refractivity (Wildman–Crippen MR) is 64.5 cm³/mol. The van der Waals surface area contributed by atoms with E-state index in [1.54, 1.807) is 6.92 Å². The van der Waals surface area contributed by atoms with Gasteiger partial charge in [-0.1, -0.05) is 20.8 Å². The Kier molecular flexibility index (Phi) is 4.55. The van der Waals surface area contributed by atoms with Crippen molar-refractivity contribution in [1.82, 2.24) is 0 Å². The maximum absolute atomic E-state index is 10.8. The van der Waals surface area contributed by atoms with Crippen molar-refractivity contribution in [2.75, 3.05) is 0 Å². The van der Waals surface area contributed by atoms with Crippen molar-refractivity contribution >= 4 is 14.3 Å². The van der Waals surface area contributed by atoms with Crippen LogP contribution in [0.2, 0.25) is 18.1 Å². The molecule has 0 spiro atoms. The van der Waals surface area contributed by atoms with E-state index in [0.717, 1.165) is 0 Å². The second-order valence-corrected chi connectivity index (χ2v) is 10.5. The van der Waals surface area contributed by atoms with E-state index in [9.17, 15) is 4.79 Å². The highest BCUT2D eigenvalue weighted by Crippen LogP contribution is 2.37. The number of aliphatic carboxylic acids is 1. The maximum Gasteiger partial charge on any atom is 0.308 e. The third-order valence-electron chi connectivity index (χ3n) is 3.38. The van der Waals surface area contributed by atoms with E-state index < -0.39 is 20.2 Å². The topological polar surface area (TPSA) is 46.5 Å². The first kappa shape index (κ1) is 14.6. The van der Waals surface area contributed by atoms with Gasteiger partial charge in [0.2, 0.25) is 0 Å². The molecule has 0 unspecified atom stereocenters. The quantitative estimate of drug-likeness (QED) is 0.758. The molecule has 1 N–H and O–H groups in total. The predicted octanol–water partition coefficient (Wildman–Crippen LogP) is 3.12. The third kappa shape index (κ3) is 3.95. The van der Waals surface area contributed by atoms with Crippen molar-refractivity contribution in [3.05, 3.63) is 0 Å². The molecule has 0 rings (SSSR count). The molecule has 0 fully saturated rings. The maximum atomic E-state index is 10.8. The molecule has 0 amide bonds. The van der Waals surface area contributed by atoms with E-state index in [0.29, 0.717) is 0 Å². The molecule has 0 bridgehead atoms. The van der Waals surface area contributed by atoms with Crippen LogP contribution in [-0.2, 0) is 9.22 Å². The minimum absolute atomic E-state index is 0.124. The van der Waals surface area contributed by atoms with Gasteiger partial charge in [0.1, 0.15) is 0 Å². The molecule has 0 aliphatic carbocycles. The summed E-state index contributed by atoms with van der Waals surface area (Å²) < 4.78 is 5.98. The average molecular weight is 232 g/mol. The number of carboxylic acids is 1. The van der Waals surface area contributed by atoms with Crippen molar-refractivity contribution in [1.29, 1.82) is 0 Å². The first-order valence-corrected chi connectivity index (χ1v) is 8.30. The Bertz CT molecular complexity index is 230. The molecule has 15 heavy (non-hydrogen) atoms. The zero-order chi connectivity index (χ0) is 12.4.